The largest absolute Gasteiger partial charge is 0.338 e. The molecule has 3 amide bonds. The minimum Gasteiger partial charge on any atom is -0.338 e. The Morgan fingerprint density at radius 2 is 2.03 bits per heavy atom. The van der Waals surface area contributed by atoms with Crippen LogP contribution in [0.5, 0.6) is 0 Å². The summed E-state index contributed by atoms with van der Waals surface area (Å²) >= 11 is 3.22. The molecule has 3 rings (SSSR count). The molecule has 1 unspecified atom stereocenters. The quantitative estimate of drug-likeness (QED) is 0.530. The summed E-state index contributed by atoms with van der Waals surface area (Å²) in [5.74, 6) is -0.651. The van der Waals surface area contributed by atoms with Gasteiger partial charge in [0.05, 0.1) is 17.8 Å². The van der Waals surface area contributed by atoms with Crippen LogP contribution in [-0.4, -0.2) is 45.7 Å². The molecule has 2 N–H and O–H groups in total. The molecule has 2 aromatic heterocycles. The topological polar surface area (TPSA) is 104 Å². The molecule has 0 aromatic carbocycles. The van der Waals surface area contributed by atoms with Crippen LogP contribution in [0.3, 0.4) is 0 Å². The number of likely N-dealkylation sites (tertiary alicyclic amines) is 1. The molecular formula is C20H20BrN5O3. The zero-order valence-electron chi connectivity index (χ0n) is 15.6. The van der Waals surface area contributed by atoms with E-state index in [1.165, 1.54) is 12.3 Å². The molecule has 1 aliphatic heterocycles. The second-order valence-corrected chi connectivity index (χ2v) is 7.36. The monoisotopic (exact) mass is 457 g/mol. The second-order valence-electron chi connectivity index (χ2n) is 6.55. The third-order valence-electron chi connectivity index (χ3n) is 4.50. The highest BCUT2D eigenvalue weighted by Gasteiger charge is 2.27. The summed E-state index contributed by atoms with van der Waals surface area (Å²) in [7, 11) is 0. The number of nitrogens with zero attached hydrogens (tertiary/aromatic N) is 3. The fourth-order valence-electron chi connectivity index (χ4n) is 3.02. The van der Waals surface area contributed by atoms with Crippen molar-refractivity contribution in [1.29, 1.82) is 0 Å². The zero-order chi connectivity index (χ0) is 20.8. The van der Waals surface area contributed by atoms with Gasteiger partial charge in [0, 0.05) is 13.1 Å². The Labute approximate surface area is 176 Å². The lowest BCUT2D eigenvalue weighted by Crippen LogP contribution is -2.43. The van der Waals surface area contributed by atoms with Crippen LogP contribution in [0.2, 0.25) is 0 Å². The molecule has 29 heavy (non-hydrogen) atoms. The maximum absolute atomic E-state index is 12.5. The fraction of sp³-hybridized carbons (Fsp3) is 0.250. The van der Waals surface area contributed by atoms with Crippen LogP contribution in [0, 0.1) is 5.92 Å². The van der Waals surface area contributed by atoms with Crippen LogP contribution in [0.25, 0.3) is 0 Å². The molecule has 1 fully saturated rings. The van der Waals surface area contributed by atoms with Crippen LogP contribution in [0.1, 0.15) is 23.3 Å². The van der Waals surface area contributed by atoms with Gasteiger partial charge in [0.2, 0.25) is 11.8 Å². The first-order valence-electron chi connectivity index (χ1n) is 9.08. The van der Waals surface area contributed by atoms with Gasteiger partial charge in [0.25, 0.3) is 5.91 Å². The average molecular weight is 458 g/mol. The highest BCUT2D eigenvalue weighted by molar-refractivity contribution is 9.10. The molecule has 3 heterocycles. The van der Waals surface area contributed by atoms with Crippen molar-refractivity contribution in [3.8, 4) is 0 Å². The molecule has 1 aliphatic rings. The van der Waals surface area contributed by atoms with Crippen LogP contribution in [-0.2, 0) is 9.59 Å². The van der Waals surface area contributed by atoms with Crippen molar-refractivity contribution in [1.82, 2.24) is 14.9 Å². The summed E-state index contributed by atoms with van der Waals surface area (Å²) in [6.45, 7) is 4.50. The lowest BCUT2D eigenvalue weighted by Gasteiger charge is -2.31. The highest BCUT2D eigenvalue weighted by Crippen LogP contribution is 2.19. The molecule has 1 atom stereocenters. The number of pyridine rings is 2. The SMILES string of the molecule is C=CC(=O)N1CCCC(C(=O)Nc2ccc(NC(=O)c3cccc(Br)n3)nc2)C1. The molecule has 0 radical (unpaired) electrons. The summed E-state index contributed by atoms with van der Waals surface area (Å²) in [5.41, 5.74) is 0.773. The normalized spacial score (nSPS) is 16.0. The van der Waals surface area contributed by atoms with Crippen molar-refractivity contribution in [2.45, 2.75) is 12.8 Å². The fourth-order valence-corrected chi connectivity index (χ4v) is 3.37. The number of hydrogen-bond acceptors (Lipinski definition) is 5. The number of nitrogens with one attached hydrogen (secondary N) is 2. The van der Waals surface area contributed by atoms with Gasteiger partial charge in [0.15, 0.2) is 0 Å². The van der Waals surface area contributed by atoms with E-state index in [9.17, 15) is 14.4 Å². The van der Waals surface area contributed by atoms with Crippen molar-refractivity contribution in [2.75, 3.05) is 23.7 Å². The molecule has 8 nitrogen and oxygen atoms in total. The molecule has 0 saturated carbocycles. The van der Waals surface area contributed by atoms with Gasteiger partial charge >= 0.3 is 0 Å². The van der Waals surface area contributed by atoms with Gasteiger partial charge < -0.3 is 15.5 Å². The predicted octanol–water partition coefficient (Wildman–Crippen LogP) is 2.85. The van der Waals surface area contributed by atoms with Gasteiger partial charge in [-0.3, -0.25) is 14.4 Å². The predicted molar refractivity (Wildman–Crippen MR) is 112 cm³/mol. The zero-order valence-corrected chi connectivity index (χ0v) is 17.2. The van der Waals surface area contributed by atoms with Crippen LogP contribution in [0.15, 0.2) is 53.8 Å². The van der Waals surface area contributed by atoms with Crippen molar-refractivity contribution in [3.63, 3.8) is 0 Å². The Balaban J connectivity index is 1.57. The van der Waals surface area contributed by atoms with E-state index in [1.807, 2.05) is 0 Å². The van der Waals surface area contributed by atoms with E-state index in [-0.39, 0.29) is 29.3 Å². The van der Waals surface area contributed by atoms with Gasteiger partial charge in [-0.15, -0.1) is 0 Å². The van der Waals surface area contributed by atoms with Gasteiger partial charge in [-0.2, -0.15) is 0 Å². The average Bonchev–Trinajstić information content (AvgIpc) is 2.74. The van der Waals surface area contributed by atoms with Crippen molar-refractivity contribution < 1.29 is 14.4 Å². The number of hydrogen-bond donors (Lipinski definition) is 2. The molecule has 0 bridgehead atoms. The van der Waals surface area contributed by atoms with Crippen molar-refractivity contribution in [3.05, 3.63) is 59.5 Å². The van der Waals surface area contributed by atoms with Crippen molar-refractivity contribution in [2.24, 2.45) is 5.92 Å². The Morgan fingerprint density at radius 1 is 1.21 bits per heavy atom. The summed E-state index contributed by atoms with van der Waals surface area (Å²) in [6.07, 6.45) is 4.22. The van der Waals surface area contributed by atoms with E-state index in [1.54, 1.807) is 35.2 Å². The summed E-state index contributed by atoms with van der Waals surface area (Å²) in [4.78, 5) is 46.4. The molecule has 9 heteroatoms. The standard InChI is InChI=1S/C20H20BrN5O3/c1-2-18(27)26-10-4-5-13(12-26)19(28)23-14-8-9-17(22-11-14)25-20(29)15-6-3-7-16(21)24-15/h2-3,6-9,11,13H,1,4-5,10,12H2,(H,23,28)(H,22,25,29). The lowest BCUT2D eigenvalue weighted by atomic mass is 9.97. The van der Waals surface area contributed by atoms with E-state index >= 15 is 0 Å². The van der Waals surface area contributed by atoms with E-state index < -0.39 is 0 Å². The number of piperidine rings is 1. The number of halogens is 1. The van der Waals surface area contributed by atoms with E-state index in [4.69, 9.17) is 0 Å². The minimum atomic E-state index is -0.384. The Morgan fingerprint density at radius 3 is 2.72 bits per heavy atom. The van der Waals surface area contributed by atoms with Gasteiger partial charge in [-0.05, 0) is 59.1 Å². The third-order valence-corrected chi connectivity index (χ3v) is 4.94. The Kier molecular flexibility index (Phi) is 6.71. The first-order valence-corrected chi connectivity index (χ1v) is 9.87. The molecule has 1 saturated heterocycles. The smallest absolute Gasteiger partial charge is 0.275 e. The number of aromatic nitrogens is 2. The van der Waals surface area contributed by atoms with Crippen LogP contribution in [0.4, 0.5) is 11.5 Å². The molecule has 0 aliphatic carbocycles. The first kappa shape index (κ1) is 20.7. The van der Waals surface area contributed by atoms with Gasteiger partial charge in [0.1, 0.15) is 16.1 Å². The lowest BCUT2D eigenvalue weighted by molar-refractivity contribution is -0.130. The first-order chi connectivity index (χ1) is 14.0. The second kappa shape index (κ2) is 9.42. The number of rotatable bonds is 5. The van der Waals surface area contributed by atoms with Crippen molar-refractivity contribution >= 4 is 45.2 Å². The number of anilines is 2. The molecular weight excluding hydrogens is 438 g/mol. The maximum atomic E-state index is 12.5. The highest BCUT2D eigenvalue weighted by atomic mass is 79.9. The van der Waals surface area contributed by atoms with Gasteiger partial charge in [-0.1, -0.05) is 12.6 Å². The summed E-state index contributed by atoms with van der Waals surface area (Å²) in [5, 5.41) is 5.47. The third kappa shape index (κ3) is 5.47. The van der Waals surface area contributed by atoms with E-state index in [0.29, 0.717) is 35.6 Å². The summed E-state index contributed by atoms with van der Waals surface area (Å²) < 4.78 is 0.562. The van der Waals surface area contributed by atoms with E-state index in [0.717, 1.165) is 6.42 Å². The number of amides is 3. The maximum Gasteiger partial charge on any atom is 0.275 e. The van der Waals surface area contributed by atoms with Crippen LogP contribution < -0.4 is 10.6 Å². The Hall–Kier alpha value is -3.07. The summed E-state index contributed by atoms with van der Waals surface area (Å²) in [6, 6.07) is 8.29. The van der Waals surface area contributed by atoms with E-state index in [2.05, 4.69) is 43.1 Å². The number of carbonyl (C=O) groups excluding carboxylic acids is 3. The Bertz CT molecular complexity index is 932. The molecule has 2 aromatic rings. The molecule has 150 valence electrons. The number of carbonyl (C=O) groups is 3. The minimum absolute atomic E-state index is 0.163. The van der Waals surface area contributed by atoms with Crippen LogP contribution >= 0.6 is 15.9 Å². The van der Waals surface area contributed by atoms with Gasteiger partial charge in [-0.25, -0.2) is 9.97 Å². The molecule has 0 spiro atoms.